The monoisotopic (exact) mass is 353 g/mol. The summed E-state index contributed by atoms with van der Waals surface area (Å²) in [5.41, 5.74) is 11.9. The molecule has 24 heavy (non-hydrogen) atoms. The maximum atomic E-state index is 11.9. The van der Waals surface area contributed by atoms with Crippen LogP contribution in [0.5, 0.6) is 5.75 Å². The van der Waals surface area contributed by atoms with E-state index in [2.05, 4.69) is 11.9 Å². The summed E-state index contributed by atoms with van der Waals surface area (Å²) >= 11 is 1.60. The van der Waals surface area contributed by atoms with E-state index in [1.807, 2.05) is 13.2 Å². The largest absolute Gasteiger partial charge is 0.508 e. The summed E-state index contributed by atoms with van der Waals surface area (Å²) < 4.78 is 0. The number of nitrogens with two attached hydrogens (primary N) is 2. The van der Waals surface area contributed by atoms with E-state index in [0.29, 0.717) is 6.42 Å². The summed E-state index contributed by atoms with van der Waals surface area (Å²) in [7, 11) is 0. The number of hydrogen-bond acceptors (Lipinski definition) is 5. The van der Waals surface area contributed by atoms with Crippen molar-refractivity contribution in [1.82, 2.24) is 5.32 Å². The van der Waals surface area contributed by atoms with Gasteiger partial charge >= 0.3 is 0 Å². The van der Waals surface area contributed by atoms with Gasteiger partial charge in [0.05, 0.1) is 6.04 Å². The Bertz CT molecular complexity index is 520. The fourth-order valence-corrected chi connectivity index (χ4v) is 2.23. The Hall–Kier alpha value is -1.99. The molecule has 2 atom stereocenters. The van der Waals surface area contributed by atoms with Crippen LogP contribution in [0.1, 0.15) is 18.9 Å². The van der Waals surface area contributed by atoms with E-state index in [1.54, 1.807) is 30.0 Å². The van der Waals surface area contributed by atoms with Gasteiger partial charge in [0, 0.05) is 6.42 Å². The van der Waals surface area contributed by atoms with Crippen molar-refractivity contribution in [2.24, 2.45) is 11.5 Å². The molecular formula is C17H27N3O3S. The molecule has 0 aliphatic heterocycles. The molecule has 7 heteroatoms. The molecule has 0 aromatic heterocycles. The standard InChI is InChI=1S/C14H21N3O3S.C3H6/c1-21-7-6-11(15)14(20)17-12(13(16)19)8-9-2-4-10(18)5-3-9;1-3-2/h2-5,11-12,18H,6-8,15H2,1H3,(H2,16,19)(H,17,20);3H,1H2,2H3/t11-,12-;/m0./s1. The van der Waals surface area contributed by atoms with E-state index in [0.717, 1.165) is 11.3 Å². The fraction of sp³-hybridized carbons (Fsp3) is 0.412. The molecule has 0 heterocycles. The van der Waals surface area contributed by atoms with Gasteiger partial charge in [-0.05, 0) is 43.0 Å². The first kappa shape index (κ1) is 22.0. The molecule has 0 aliphatic carbocycles. The molecular weight excluding hydrogens is 326 g/mol. The summed E-state index contributed by atoms with van der Waals surface area (Å²) in [5, 5.41) is 11.8. The van der Waals surface area contributed by atoms with Crippen molar-refractivity contribution in [3.8, 4) is 5.75 Å². The Balaban J connectivity index is 0.00000163. The molecule has 0 radical (unpaired) electrons. The summed E-state index contributed by atoms with van der Waals surface area (Å²) in [4.78, 5) is 23.4. The molecule has 0 unspecified atom stereocenters. The molecule has 0 saturated heterocycles. The minimum atomic E-state index is -0.817. The summed E-state index contributed by atoms with van der Waals surface area (Å²) in [5.74, 6) is -0.0917. The third kappa shape index (κ3) is 9.22. The molecule has 0 fully saturated rings. The first-order valence-corrected chi connectivity index (χ1v) is 8.94. The number of primary amides is 1. The number of amides is 2. The number of thioether (sulfide) groups is 1. The van der Waals surface area contributed by atoms with Crippen molar-refractivity contribution in [1.29, 1.82) is 0 Å². The minimum Gasteiger partial charge on any atom is -0.508 e. The molecule has 6 nitrogen and oxygen atoms in total. The average molecular weight is 353 g/mol. The lowest BCUT2D eigenvalue weighted by Gasteiger charge is -2.18. The second kappa shape index (κ2) is 12.4. The predicted octanol–water partition coefficient (Wildman–Crippen LogP) is 1.18. The highest BCUT2D eigenvalue weighted by Crippen LogP contribution is 2.11. The number of allylic oxidation sites excluding steroid dienone is 1. The normalized spacial score (nSPS) is 12.3. The zero-order valence-corrected chi connectivity index (χ0v) is 15.0. The van der Waals surface area contributed by atoms with Gasteiger partial charge < -0.3 is 21.9 Å². The number of benzene rings is 1. The number of carbonyl (C=O) groups excluding carboxylic acids is 2. The van der Waals surface area contributed by atoms with Gasteiger partial charge in [-0.1, -0.05) is 18.2 Å². The summed E-state index contributed by atoms with van der Waals surface area (Å²) in [6, 6.07) is 4.90. The minimum absolute atomic E-state index is 0.137. The zero-order valence-electron chi connectivity index (χ0n) is 14.2. The fourth-order valence-electron chi connectivity index (χ4n) is 1.75. The Kier molecular flexibility index (Phi) is 11.4. The Morgan fingerprint density at radius 2 is 1.92 bits per heavy atom. The number of hydrogen-bond donors (Lipinski definition) is 4. The molecule has 1 rings (SSSR count). The first-order valence-electron chi connectivity index (χ1n) is 7.54. The van der Waals surface area contributed by atoms with Crippen LogP contribution in [0.15, 0.2) is 36.9 Å². The lowest BCUT2D eigenvalue weighted by atomic mass is 10.0. The molecule has 0 saturated carbocycles. The van der Waals surface area contributed by atoms with Crippen LogP contribution in [0.2, 0.25) is 0 Å². The number of nitrogens with one attached hydrogen (secondary N) is 1. The van der Waals surface area contributed by atoms with Crippen LogP contribution in [0.4, 0.5) is 0 Å². The number of phenols is 1. The van der Waals surface area contributed by atoms with Gasteiger partial charge in [0.25, 0.3) is 0 Å². The molecule has 2 amide bonds. The second-order valence-corrected chi connectivity index (χ2v) is 6.12. The highest BCUT2D eigenvalue weighted by molar-refractivity contribution is 7.98. The van der Waals surface area contributed by atoms with Crippen LogP contribution in [-0.2, 0) is 16.0 Å². The molecule has 0 spiro atoms. The number of phenolic OH excluding ortho intramolecular Hbond substituents is 1. The summed E-state index contributed by atoms with van der Waals surface area (Å²) in [6.07, 6.45) is 4.48. The van der Waals surface area contributed by atoms with Gasteiger partial charge in [-0.15, -0.1) is 6.58 Å². The van der Waals surface area contributed by atoms with Crippen LogP contribution < -0.4 is 16.8 Å². The molecule has 1 aromatic carbocycles. The van der Waals surface area contributed by atoms with Crippen molar-refractivity contribution in [2.75, 3.05) is 12.0 Å². The van der Waals surface area contributed by atoms with Crippen LogP contribution in [-0.4, -0.2) is 41.0 Å². The maximum absolute atomic E-state index is 11.9. The van der Waals surface area contributed by atoms with Crippen molar-refractivity contribution in [3.63, 3.8) is 0 Å². The van der Waals surface area contributed by atoms with E-state index in [9.17, 15) is 14.7 Å². The third-order valence-corrected chi connectivity index (χ3v) is 3.65. The summed E-state index contributed by atoms with van der Waals surface area (Å²) in [6.45, 7) is 5.25. The molecule has 6 N–H and O–H groups in total. The average Bonchev–Trinajstić information content (AvgIpc) is 2.54. The maximum Gasteiger partial charge on any atom is 0.240 e. The second-order valence-electron chi connectivity index (χ2n) is 5.13. The van der Waals surface area contributed by atoms with Gasteiger partial charge in [0.1, 0.15) is 11.8 Å². The van der Waals surface area contributed by atoms with Crippen molar-refractivity contribution in [2.45, 2.75) is 31.8 Å². The van der Waals surface area contributed by atoms with E-state index in [-0.39, 0.29) is 18.1 Å². The lowest BCUT2D eigenvalue weighted by Crippen LogP contribution is -2.51. The van der Waals surface area contributed by atoms with Crippen LogP contribution in [0.3, 0.4) is 0 Å². The van der Waals surface area contributed by atoms with Crippen molar-refractivity contribution >= 4 is 23.6 Å². The number of rotatable bonds is 8. The number of carbonyl (C=O) groups is 2. The van der Waals surface area contributed by atoms with Gasteiger partial charge in [0.2, 0.25) is 11.8 Å². The first-order chi connectivity index (χ1) is 11.3. The third-order valence-electron chi connectivity index (χ3n) is 3.01. The highest BCUT2D eigenvalue weighted by atomic mass is 32.2. The van der Waals surface area contributed by atoms with Crippen LogP contribution >= 0.6 is 11.8 Å². The number of aromatic hydroxyl groups is 1. The topological polar surface area (TPSA) is 118 Å². The lowest BCUT2D eigenvalue weighted by molar-refractivity contribution is -0.128. The Morgan fingerprint density at radius 1 is 1.38 bits per heavy atom. The highest BCUT2D eigenvalue weighted by Gasteiger charge is 2.22. The van der Waals surface area contributed by atoms with Gasteiger partial charge in [-0.2, -0.15) is 11.8 Å². The van der Waals surface area contributed by atoms with Crippen LogP contribution in [0, 0.1) is 0 Å². The smallest absolute Gasteiger partial charge is 0.240 e. The van der Waals surface area contributed by atoms with E-state index in [1.165, 1.54) is 12.1 Å². The molecule has 1 aromatic rings. The van der Waals surface area contributed by atoms with E-state index >= 15 is 0 Å². The molecule has 134 valence electrons. The van der Waals surface area contributed by atoms with Crippen molar-refractivity contribution < 1.29 is 14.7 Å². The Morgan fingerprint density at radius 3 is 2.38 bits per heavy atom. The van der Waals surface area contributed by atoms with E-state index < -0.39 is 18.0 Å². The van der Waals surface area contributed by atoms with Gasteiger partial charge in [0.15, 0.2) is 0 Å². The van der Waals surface area contributed by atoms with E-state index in [4.69, 9.17) is 11.5 Å². The van der Waals surface area contributed by atoms with Crippen molar-refractivity contribution in [3.05, 3.63) is 42.5 Å². The predicted molar refractivity (Wildman–Crippen MR) is 99.8 cm³/mol. The molecule has 0 bridgehead atoms. The Labute approximate surface area is 147 Å². The zero-order chi connectivity index (χ0) is 18.5. The van der Waals surface area contributed by atoms with Gasteiger partial charge in [-0.25, -0.2) is 0 Å². The van der Waals surface area contributed by atoms with Gasteiger partial charge in [-0.3, -0.25) is 9.59 Å². The van der Waals surface area contributed by atoms with Crippen LogP contribution in [0.25, 0.3) is 0 Å². The molecule has 0 aliphatic rings. The SMILES string of the molecule is C=CC.CSCC[C@H](N)C(=O)N[C@@H](Cc1ccc(O)cc1)C(N)=O. The quantitative estimate of drug-likeness (QED) is 0.523.